The van der Waals surface area contributed by atoms with Gasteiger partial charge in [0.15, 0.2) is 0 Å². The summed E-state index contributed by atoms with van der Waals surface area (Å²) >= 11 is 0. The number of hydrogen-bond donors (Lipinski definition) is 1. The van der Waals surface area contributed by atoms with Gasteiger partial charge in [0.05, 0.1) is 5.56 Å². The van der Waals surface area contributed by atoms with E-state index in [4.69, 9.17) is 0 Å². The minimum absolute atomic E-state index is 0.236. The number of fused-ring (bicyclic) bond motifs is 1. The first-order chi connectivity index (χ1) is 7.02. The molecule has 1 nitrogen and oxygen atoms in total. The van der Waals surface area contributed by atoms with E-state index in [1.165, 1.54) is 6.07 Å². The summed E-state index contributed by atoms with van der Waals surface area (Å²) in [6.45, 7) is 1.97. The molecule has 80 valence electrons. The minimum atomic E-state index is -4.29. The van der Waals surface area contributed by atoms with Crippen molar-refractivity contribution in [2.24, 2.45) is 0 Å². The van der Waals surface area contributed by atoms with Gasteiger partial charge >= 0.3 is 6.18 Å². The zero-order valence-corrected chi connectivity index (χ0v) is 8.15. The quantitative estimate of drug-likeness (QED) is 0.742. The summed E-state index contributed by atoms with van der Waals surface area (Å²) in [6.07, 6.45) is -2.45. The zero-order chi connectivity index (χ0) is 11.1. The van der Waals surface area contributed by atoms with Crippen molar-refractivity contribution >= 4 is 10.9 Å². The summed E-state index contributed by atoms with van der Waals surface area (Å²) in [7, 11) is 0. The monoisotopic (exact) mass is 213 g/mol. The third-order valence-electron chi connectivity index (χ3n) is 2.46. The van der Waals surface area contributed by atoms with Gasteiger partial charge < -0.3 is 4.98 Å². The van der Waals surface area contributed by atoms with Gasteiger partial charge in [-0.3, -0.25) is 0 Å². The van der Waals surface area contributed by atoms with Crippen LogP contribution in [-0.2, 0) is 12.6 Å². The van der Waals surface area contributed by atoms with Gasteiger partial charge in [0.25, 0.3) is 0 Å². The minimum Gasteiger partial charge on any atom is -0.361 e. The SMILES string of the molecule is CCc1ccc2c(C(F)(F)F)c[nH]c2c1. The van der Waals surface area contributed by atoms with E-state index in [0.717, 1.165) is 18.2 Å². The second-order valence-electron chi connectivity index (χ2n) is 3.43. The average molecular weight is 213 g/mol. The van der Waals surface area contributed by atoms with Gasteiger partial charge in [-0.25, -0.2) is 0 Å². The zero-order valence-electron chi connectivity index (χ0n) is 8.15. The molecule has 0 radical (unpaired) electrons. The number of nitrogens with one attached hydrogen (secondary N) is 1. The fourth-order valence-electron chi connectivity index (χ4n) is 1.63. The lowest BCUT2D eigenvalue weighted by Gasteiger charge is -2.04. The second-order valence-corrected chi connectivity index (χ2v) is 3.43. The maximum Gasteiger partial charge on any atom is 0.418 e. The Hall–Kier alpha value is -1.45. The molecule has 1 aromatic heterocycles. The highest BCUT2D eigenvalue weighted by Crippen LogP contribution is 2.34. The van der Waals surface area contributed by atoms with E-state index >= 15 is 0 Å². The molecule has 0 aliphatic rings. The number of H-pyrrole nitrogens is 1. The van der Waals surface area contributed by atoms with Crippen LogP contribution in [0.2, 0.25) is 0 Å². The van der Waals surface area contributed by atoms with Crippen molar-refractivity contribution in [3.63, 3.8) is 0 Å². The molecular formula is C11H10F3N. The molecule has 0 aliphatic carbocycles. The van der Waals surface area contributed by atoms with Crippen LogP contribution in [0.25, 0.3) is 10.9 Å². The number of hydrogen-bond acceptors (Lipinski definition) is 0. The number of aryl methyl sites for hydroxylation is 1. The number of benzene rings is 1. The Balaban J connectivity index is 2.62. The third kappa shape index (κ3) is 1.71. The first kappa shape index (κ1) is 10.1. The largest absolute Gasteiger partial charge is 0.418 e. The smallest absolute Gasteiger partial charge is 0.361 e. The van der Waals surface area contributed by atoms with Gasteiger partial charge in [-0.1, -0.05) is 19.1 Å². The number of aromatic amines is 1. The predicted molar refractivity (Wildman–Crippen MR) is 52.7 cm³/mol. The van der Waals surface area contributed by atoms with E-state index in [9.17, 15) is 13.2 Å². The molecule has 0 spiro atoms. The van der Waals surface area contributed by atoms with Crippen LogP contribution < -0.4 is 0 Å². The van der Waals surface area contributed by atoms with E-state index in [1.807, 2.05) is 6.92 Å². The van der Waals surface area contributed by atoms with Gasteiger partial charge in [0, 0.05) is 17.1 Å². The highest BCUT2D eigenvalue weighted by molar-refractivity contribution is 5.84. The molecule has 0 bridgehead atoms. The lowest BCUT2D eigenvalue weighted by Crippen LogP contribution is -2.03. The van der Waals surface area contributed by atoms with Crippen molar-refractivity contribution in [3.8, 4) is 0 Å². The molecular weight excluding hydrogens is 203 g/mol. The molecule has 1 heterocycles. The fourth-order valence-corrected chi connectivity index (χ4v) is 1.63. The van der Waals surface area contributed by atoms with Crippen molar-refractivity contribution in [1.82, 2.24) is 4.98 Å². The molecule has 0 fully saturated rings. The van der Waals surface area contributed by atoms with E-state index in [2.05, 4.69) is 4.98 Å². The Bertz CT molecular complexity index is 482. The highest BCUT2D eigenvalue weighted by atomic mass is 19.4. The number of rotatable bonds is 1. The molecule has 1 aromatic carbocycles. The Kier molecular flexibility index (Phi) is 2.21. The Labute approximate surface area is 84.9 Å². The average Bonchev–Trinajstić information content (AvgIpc) is 2.59. The molecule has 2 rings (SSSR count). The summed E-state index contributed by atoms with van der Waals surface area (Å²) in [5.41, 5.74) is 0.972. The van der Waals surface area contributed by atoms with E-state index in [0.29, 0.717) is 5.52 Å². The van der Waals surface area contributed by atoms with Gasteiger partial charge in [0.1, 0.15) is 0 Å². The van der Waals surface area contributed by atoms with Gasteiger partial charge in [-0.2, -0.15) is 13.2 Å². The van der Waals surface area contributed by atoms with Gasteiger partial charge in [-0.15, -0.1) is 0 Å². The Morgan fingerprint density at radius 1 is 1.27 bits per heavy atom. The van der Waals surface area contributed by atoms with Crippen molar-refractivity contribution in [1.29, 1.82) is 0 Å². The van der Waals surface area contributed by atoms with E-state index in [1.54, 1.807) is 12.1 Å². The first-order valence-electron chi connectivity index (χ1n) is 4.69. The van der Waals surface area contributed by atoms with Crippen LogP contribution in [0, 0.1) is 0 Å². The third-order valence-corrected chi connectivity index (χ3v) is 2.46. The summed E-state index contributed by atoms with van der Waals surface area (Å²) in [4.78, 5) is 2.65. The molecule has 4 heteroatoms. The lowest BCUT2D eigenvalue weighted by molar-refractivity contribution is -0.136. The Morgan fingerprint density at radius 3 is 2.60 bits per heavy atom. The predicted octanol–water partition coefficient (Wildman–Crippen LogP) is 3.75. The van der Waals surface area contributed by atoms with Crippen LogP contribution in [0.1, 0.15) is 18.1 Å². The molecule has 0 saturated heterocycles. The van der Waals surface area contributed by atoms with Gasteiger partial charge in [-0.05, 0) is 18.1 Å². The van der Waals surface area contributed by atoms with Crippen LogP contribution >= 0.6 is 0 Å². The standard InChI is InChI=1S/C11H10F3N/c1-2-7-3-4-8-9(11(12,13)14)6-15-10(8)5-7/h3-6,15H,2H2,1H3. The molecule has 0 unspecified atom stereocenters. The first-order valence-corrected chi connectivity index (χ1v) is 4.69. The number of alkyl halides is 3. The van der Waals surface area contributed by atoms with Crippen LogP contribution in [0.3, 0.4) is 0 Å². The summed E-state index contributed by atoms with van der Waals surface area (Å²) in [5, 5.41) is 0.236. The summed E-state index contributed by atoms with van der Waals surface area (Å²) in [5.74, 6) is 0. The fraction of sp³-hybridized carbons (Fsp3) is 0.273. The topological polar surface area (TPSA) is 15.8 Å². The lowest BCUT2D eigenvalue weighted by atomic mass is 10.1. The number of halogens is 3. The molecule has 0 amide bonds. The van der Waals surface area contributed by atoms with Crippen LogP contribution in [0.5, 0.6) is 0 Å². The Morgan fingerprint density at radius 2 is 2.00 bits per heavy atom. The molecule has 0 aliphatic heterocycles. The maximum atomic E-state index is 12.5. The van der Waals surface area contributed by atoms with Gasteiger partial charge in [0.2, 0.25) is 0 Å². The van der Waals surface area contributed by atoms with Crippen LogP contribution in [-0.4, -0.2) is 4.98 Å². The maximum absolute atomic E-state index is 12.5. The van der Waals surface area contributed by atoms with Crippen molar-refractivity contribution < 1.29 is 13.2 Å². The molecule has 0 saturated carbocycles. The number of aromatic nitrogens is 1. The van der Waals surface area contributed by atoms with Crippen LogP contribution in [0.4, 0.5) is 13.2 Å². The second kappa shape index (κ2) is 3.29. The van der Waals surface area contributed by atoms with Crippen molar-refractivity contribution in [2.45, 2.75) is 19.5 Å². The molecule has 1 N–H and O–H groups in total. The van der Waals surface area contributed by atoms with E-state index in [-0.39, 0.29) is 5.39 Å². The highest BCUT2D eigenvalue weighted by Gasteiger charge is 2.33. The normalized spacial score (nSPS) is 12.3. The summed E-state index contributed by atoms with van der Waals surface area (Å²) < 4.78 is 37.5. The van der Waals surface area contributed by atoms with Crippen LogP contribution in [0.15, 0.2) is 24.4 Å². The molecule has 2 aromatic rings. The molecule has 15 heavy (non-hydrogen) atoms. The summed E-state index contributed by atoms with van der Waals surface area (Å²) in [6, 6.07) is 5.00. The van der Waals surface area contributed by atoms with E-state index < -0.39 is 11.7 Å². The molecule has 0 atom stereocenters. The van der Waals surface area contributed by atoms with Crippen molar-refractivity contribution in [3.05, 3.63) is 35.5 Å². The van der Waals surface area contributed by atoms with Crippen molar-refractivity contribution in [2.75, 3.05) is 0 Å².